The standard InChI is InChI=1S/C25H25NO7/c1-4-31-19-8-5-7-17(11-19)25(29)24-21-13-22(30-3)23(33-10-6-9-32-16(2)28)12-20(21)18(15-27)14-26-24/h5,7-8,11-15H,4,6,9-10H2,1-3H3. The first-order chi connectivity index (χ1) is 16.0. The summed E-state index contributed by atoms with van der Waals surface area (Å²) >= 11 is 0. The predicted octanol–water partition coefficient (Wildman–Crippen LogP) is 4.02. The zero-order valence-corrected chi connectivity index (χ0v) is 18.8. The van der Waals surface area contributed by atoms with Crippen LogP contribution in [-0.4, -0.2) is 50.0 Å². The average molecular weight is 451 g/mol. The zero-order chi connectivity index (χ0) is 23.8. The third-order valence-electron chi connectivity index (χ3n) is 4.80. The number of pyridine rings is 1. The van der Waals surface area contributed by atoms with Crippen molar-refractivity contribution in [3.8, 4) is 17.2 Å². The molecule has 1 aromatic heterocycles. The summed E-state index contributed by atoms with van der Waals surface area (Å²) in [6.45, 7) is 4.19. The fourth-order valence-electron chi connectivity index (χ4n) is 3.30. The molecular weight excluding hydrogens is 426 g/mol. The average Bonchev–Trinajstić information content (AvgIpc) is 2.82. The Hall–Kier alpha value is -3.94. The molecule has 33 heavy (non-hydrogen) atoms. The van der Waals surface area contributed by atoms with Crippen LogP contribution in [-0.2, 0) is 9.53 Å². The van der Waals surface area contributed by atoms with E-state index in [1.165, 1.54) is 20.2 Å². The molecule has 0 N–H and O–H groups in total. The molecule has 0 aliphatic heterocycles. The van der Waals surface area contributed by atoms with Crippen LogP contribution in [0.3, 0.4) is 0 Å². The van der Waals surface area contributed by atoms with Crippen molar-refractivity contribution in [2.45, 2.75) is 20.3 Å². The summed E-state index contributed by atoms with van der Waals surface area (Å²) < 4.78 is 21.6. The minimum Gasteiger partial charge on any atom is -0.494 e. The van der Waals surface area contributed by atoms with E-state index >= 15 is 0 Å². The van der Waals surface area contributed by atoms with Crippen LogP contribution < -0.4 is 14.2 Å². The molecule has 0 fully saturated rings. The fraction of sp³-hybridized carbons (Fsp3) is 0.280. The number of esters is 1. The largest absolute Gasteiger partial charge is 0.494 e. The van der Waals surface area contributed by atoms with Gasteiger partial charge in [0.15, 0.2) is 17.8 Å². The van der Waals surface area contributed by atoms with Gasteiger partial charge >= 0.3 is 5.97 Å². The Kier molecular flexibility index (Phi) is 7.96. The van der Waals surface area contributed by atoms with Gasteiger partial charge in [-0.25, -0.2) is 0 Å². The van der Waals surface area contributed by atoms with Gasteiger partial charge < -0.3 is 18.9 Å². The van der Waals surface area contributed by atoms with Crippen LogP contribution in [0, 0.1) is 0 Å². The molecule has 0 spiro atoms. The van der Waals surface area contributed by atoms with Crippen LogP contribution >= 0.6 is 0 Å². The summed E-state index contributed by atoms with van der Waals surface area (Å²) in [7, 11) is 1.48. The molecule has 1 heterocycles. The number of ether oxygens (including phenoxy) is 4. The molecule has 2 aromatic carbocycles. The molecule has 0 saturated carbocycles. The maximum Gasteiger partial charge on any atom is 0.302 e. The van der Waals surface area contributed by atoms with Crippen molar-refractivity contribution in [3.63, 3.8) is 0 Å². The highest BCUT2D eigenvalue weighted by molar-refractivity contribution is 6.17. The first-order valence-electron chi connectivity index (χ1n) is 10.5. The monoisotopic (exact) mass is 451 g/mol. The quantitative estimate of drug-likeness (QED) is 0.186. The van der Waals surface area contributed by atoms with Crippen LogP contribution in [0.2, 0.25) is 0 Å². The molecule has 0 aliphatic carbocycles. The van der Waals surface area contributed by atoms with Gasteiger partial charge in [0, 0.05) is 36.1 Å². The first kappa shape index (κ1) is 23.7. The number of ketones is 1. The first-order valence-corrected chi connectivity index (χ1v) is 10.5. The Labute approximate surface area is 191 Å². The number of aldehydes is 1. The van der Waals surface area contributed by atoms with E-state index < -0.39 is 0 Å². The van der Waals surface area contributed by atoms with Crippen LogP contribution in [0.5, 0.6) is 17.2 Å². The summed E-state index contributed by atoms with van der Waals surface area (Å²) in [6, 6.07) is 10.1. The Balaban J connectivity index is 1.98. The molecule has 8 heteroatoms. The molecule has 0 unspecified atom stereocenters. The summed E-state index contributed by atoms with van der Waals surface area (Å²) in [5.74, 6) is 0.705. The number of carbonyl (C=O) groups excluding carboxylic acids is 3. The third kappa shape index (κ3) is 5.65. The number of hydrogen-bond donors (Lipinski definition) is 0. The SMILES string of the molecule is CCOc1cccc(C(=O)c2ncc(C=O)c3cc(OCCCOC(C)=O)c(OC)cc23)c1. The van der Waals surface area contributed by atoms with E-state index in [0.29, 0.717) is 58.5 Å². The highest BCUT2D eigenvalue weighted by Crippen LogP contribution is 2.35. The van der Waals surface area contributed by atoms with Crippen LogP contribution in [0.15, 0.2) is 42.6 Å². The Bertz CT molecular complexity index is 1170. The van der Waals surface area contributed by atoms with E-state index in [9.17, 15) is 14.4 Å². The van der Waals surface area contributed by atoms with E-state index in [2.05, 4.69) is 4.98 Å². The molecule has 0 aliphatic rings. The molecule has 8 nitrogen and oxygen atoms in total. The molecule has 0 radical (unpaired) electrons. The Morgan fingerprint density at radius 1 is 1.03 bits per heavy atom. The van der Waals surface area contributed by atoms with Gasteiger partial charge in [-0.2, -0.15) is 0 Å². The van der Waals surface area contributed by atoms with Crippen LogP contribution in [0.25, 0.3) is 10.8 Å². The lowest BCUT2D eigenvalue weighted by Crippen LogP contribution is -2.08. The highest BCUT2D eigenvalue weighted by atomic mass is 16.5. The number of nitrogens with zero attached hydrogens (tertiary/aromatic N) is 1. The number of hydrogen-bond acceptors (Lipinski definition) is 8. The second kappa shape index (κ2) is 11.1. The van der Waals surface area contributed by atoms with Crippen LogP contribution in [0.4, 0.5) is 0 Å². The zero-order valence-electron chi connectivity index (χ0n) is 18.8. The molecule has 3 rings (SSSR count). The fourth-order valence-corrected chi connectivity index (χ4v) is 3.30. The molecule has 0 bridgehead atoms. The molecule has 0 atom stereocenters. The molecular formula is C25H25NO7. The Morgan fingerprint density at radius 2 is 1.82 bits per heavy atom. The van der Waals surface area contributed by atoms with Gasteiger partial charge in [-0.15, -0.1) is 0 Å². The smallest absolute Gasteiger partial charge is 0.302 e. The van der Waals surface area contributed by atoms with Gasteiger partial charge in [0.05, 0.1) is 26.9 Å². The van der Waals surface area contributed by atoms with Crippen molar-refractivity contribution >= 4 is 28.8 Å². The maximum atomic E-state index is 13.3. The van der Waals surface area contributed by atoms with Crippen molar-refractivity contribution in [1.29, 1.82) is 0 Å². The number of benzene rings is 2. The lowest BCUT2D eigenvalue weighted by atomic mass is 9.99. The van der Waals surface area contributed by atoms with Gasteiger partial charge in [0.25, 0.3) is 0 Å². The van der Waals surface area contributed by atoms with Crippen molar-refractivity contribution in [2.24, 2.45) is 0 Å². The number of methoxy groups -OCH3 is 1. The lowest BCUT2D eigenvalue weighted by molar-refractivity contribution is -0.141. The molecule has 0 saturated heterocycles. The topological polar surface area (TPSA) is 101 Å². The van der Waals surface area contributed by atoms with Gasteiger partial charge in [-0.1, -0.05) is 12.1 Å². The summed E-state index contributed by atoms with van der Waals surface area (Å²) in [4.78, 5) is 40.1. The van der Waals surface area contributed by atoms with Gasteiger partial charge in [-0.3, -0.25) is 19.4 Å². The van der Waals surface area contributed by atoms with Crippen molar-refractivity contribution in [3.05, 3.63) is 59.4 Å². The predicted molar refractivity (Wildman–Crippen MR) is 121 cm³/mol. The van der Waals surface area contributed by atoms with Gasteiger partial charge in [0.1, 0.15) is 11.4 Å². The second-order valence-corrected chi connectivity index (χ2v) is 7.06. The van der Waals surface area contributed by atoms with Crippen molar-refractivity contribution < 1.29 is 33.3 Å². The van der Waals surface area contributed by atoms with Gasteiger partial charge in [0.2, 0.25) is 5.78 Å². The molecule has 0 amide bonds. The third-order valence-corrected chi connectivity index (χ3v) is 4.80. The highest BCUT2D eigenvalue weighted by Gasteiger charge is 2.19. The minimum absolute atomic E-state index is 0.184. The van der Waals surface area contributed by atoms with E-state index in [-0.39, 0.29) is 30.7 Å². The number of carbonyl (C=O) groups is 3. The molecule has 172 valence electrons. The number of rotatable bonds is 11. The van der Waals surface area contributed by atoms with Crippen LogP contribution in [0.1, 0.15) is 46.7 Å². The van der Waals surface area contributed by atoms with E-state index in [1.54, 1.807) is 36.4 Å². The van der Waals surface area contributed by atoms with E-state index in [4.69, 9.17) is 18.9 Å². The van der Waals surface area contributed by atoms with E-state index in [0.717, 1.165) is 0 Å². The van der Waals surface area contributed by atoms with Crippen molar-refractivity contribution in [1.82, 2.24) is 4.98 Å². The second-order valence-electron chi connectivity index (χ2n) is 7.06. The lowest BCUT2D eigenvalue weighted by Gasteiger charge is -2.14. The Morgan fingerprint density at radius 3 is 2.52 bits per heavy atom. The number of fused-ring (bicyclic) bond motifs is 1. The van der Waals surface area contributed by atoms with Crippen molar-refractivity contribution in [2.75, 3.05) is 26.9 Å². The maximum absolute atomic E-state index is 13.3. The normalized spacial score (nSPS) is 10.5. The summed E-state index contributed by atoms with van der Waals surface area (Å²) in [5.41, 5.74) is 0.916. The molecule has 3 aromatic rings. The summed E-state index contributed by atoms with van der Waals surface area (Å²) in [5, 5.41) is 0.982. The van der Waals surface area contributed by atoms with Gasteiger partial charge in [-0.05, 0) is 36.6 Å². The summed E-state index contributed by atoms with van der Waals surface area (Å²) in [6.07, 6.45) is 2.53. The minimum atomic E-state index is -0.356. The number of aromatic nitrogens is 1. The van der Waals surface area contributed by atoms with E-state index in [1.807, 2.05) is 6.92 Å².